The van der Waals surface area contributed by atoms with E-state index in [0.29, 0.717) is 0 Å². The topological polar surface area (TPSA) is 0 Å². The van der Waals surface area contributed by atoms with Gasteiger partial charge in [-0.25, -0.2) is 0 Å². The molecule has 0 spiro atoms. The van der Waals surface area contributed by atoms with Gasteiger partial charge in [-0.3, -0.25) is 0 Å². The van der Waals surface area contributed by atoms with E-state index < -0.39 is 36.5 Å². The predicted octanol–water partition coefficient (Wildman–Crippen LogP) is 17.8. The summed E-state index contributed by atoms with van der Waals surface area (Å²) in [6.45, 7) is 0. The van der Waals surface area contributed by atoms with E-state index in [2.05, 4.69) is 0 Å². The molecule has 0 aliphatic rings. The Morgan fingerprint density at radius 3 is 0.404 bits per heavy atom. The second-order valence-corrected chi connectivity index (χ2v) is 30.5. The second kappa shape index (κ2) is 18.5. The van der Waals surface area contributed by atoms with E-state index in [0.717, 1.165) is 0 Å². The highest BCUT2D eigenvalue weighted by Gasteiger charge is 2.42. The van der Waals surface area contributed by atoms with Crippen molar-refractivity contribution in [1.29, 1.82) is 0 Å². The van der Waals surface area contributed by atoms with Crippen molar-refractivity contribution in [1.82, 2.24) is 0 Å². The summed E-state index contributed by atoms with van der Waals surface area (Å²) in [5, 5.41) is 0. The summed E-state index contributed by atoms with van der Waals surface area (Å²) in [6.07, 6.45) is -3.20. The fraction of sp³-hybridized carbons (Fsp3) is 0.250. The highest BCUT2D eigenvalue weighted by atomic mass is 35.6. The molecule has 0 fully saturated rings. The van der Waals surface area contributed by atoms with Crippen LogP contribution in [0.15, 0.2) is 72.8 Å². The molecule has 4 aromatic rings. The highest BCUT2D eigenvalue weighted by Crippen LogP contribution is 2.48. The Morgan fingerprint density at radius 1 is 0.211 bits per heavy atom. The van der Waals surface area contributed by atoms with Crippen LogP contribution in [-0.2, 0) is 30.3 Å². The lowest BCUT2D eigenvalue weighted by atomic mass is 9.12. The van der Waals surface area contributed by atoms with Gasteiger partial charge in [0.2, 0.25) is 30.3 Å². The van der Waals surface area contributed by atoms with E-state index in [1.165, 1.54) is 72.8 Å². The monoisotopic (exact) mass is 1250 g/mol. The standard InChI is InChI=1S/C32H12BCl24/c34-25(35,36)13-1-14(26(37,38)39)6-21(5-13)33(22-7-15(27(40,41)42)2-16(8-22)28(43,44)45,23-9-17(29(46,47)48)3-18(10-23)30(49,50)51)24-11-19(31(52,53)54)4-20(12-24)32(55,56)57/h1-12H/q-1/p+1. The minimum Gasteiger partial charge on any atom is -0.194 e. The van der Waals surface area contributed by atoms with Crippen molar-refractivity contribution in [2.45, 2.75) is 30.3 Å². The van der Waals surface area contributed by atoms with Crippen molar-refractivity contribution in [3.63, 3.8) is 0 Å². The minimum absolute atomic E-state index is 0. The fourth-order valence-electron chi connectivity index (χ4n) is 6.07. The molecule has 0 aromatic heterocycles. The van der Waals surface area contributed by atoms with Gasteiger partial charge < -0.3 is 0 Å². The molecule has 0 heterocycles. The van der Waals surface area contributed by atoms with Crippen LogP contribution in [-0.4, -0.2) is 6.15 Å². The molecular weight excluding hydrogens is 1250 g/mol. The summed E-state index contributed by atoms with van der Waals surface area (Å²) >= 11 is 157. The third-order valence-electron chi connectivity index (χ3n) is 8.44. The Morgan fingerprint density at radius 2 is 0.316 bits per heavy atom. The van der Waals surface area contributed by atoms with Crippen LogP contribution in [0.3, 0.4) is 0 Å². The molecule has 0 N–H and O–H groups in total. The molecule has 25 heteroatoms. The van der Waals surface area contributed by atoms with E-state index in [1.54, 1.807) is 0 Å². The normalized spacial score (nSPS) is 14.3. The van der Waals surface area contributed by atoms with Gasteiger partial charge in [0.15, 0.2) is 0 Å². The number of halogens is 24. The lowest BCUT2D eigenvalue weighted by molar-refractivity contribution is 1.17. The maximum atomic E-state index is 6.55. The van der Waals surface area contributed by atoms with Gasteiger partial charge in [0, 0.05) is 44.5 Å². The molecule has 0 unspecified atom stereocenters. The van der Waals surface area contributed by atoms with Gasteiger partial charge in [0.05, 0.1) is 0 Å². The lowest BCUT2D eigenvalue weighted by Crippen LogP contribution is -2.75. The molecule has 0 aliphatic carbocycles. The molecule has 0 bridgehead atoms. The molecule has 0 atom stereocenters. The van der Waals surface area contributed by atoms with Gasteiger partial charge in [0.25, 0.3) is 0 Å². The van der Waals surface area contributed by atoms with Crippen molar-refractivity contribution in [3.8, 4) is 0 Å². The third kappa shape index (κ3) is 13.1. The Balaban J connectivity index is 0.00000900. The minimum atomic E-state index is -3.20. The summed E-state index contributed by atoms with van der Waals surface area (Å²) in [7, 11) is 0. The quantitative estimate of drug-likeness (QED) is 0.141. The van der Waals surface area contributed by atoms with Crippen molar-refractivity contribution in [2.75, 3.05) is 0 Å². The Bertz CT molecular complexity index is 1700. The van der Waals surface area contributed by atoms with E-state index in [9.17, 15) is 0 Å². The number of alkyl halides is 24. The molecule has 4 aromatic carbocycles. The van der Waals surface area contributed by atoms with Crippen molar-refractivity contribution < 1.29 is 1.43 Å². The van der Waals surface area contributed by atoms with Gasteiger partial charge >= 0.3 is 1.43 Å². The van der Waals surface area contributed by atoms with E-state index in [-0.39, 0.29) is 67.8 Å². The number of hydrogen-bond acceptors (Lipinski definition) is 0. The number of hydrogen-bond donors (Lipinski definition) is 0. The Labute approximate surface area is 449 Å². The second-order valence-electron chi connectivity index (χ2n) is 12.2. The molecule has 57 heavy (non-hydrogen) atoms. The summed E-state index contributed by atoms with van der Waals surface area (Å²) in [6, 6.07) is 17.0. The zero-order valence-corrected chi connectivity index (χ0v) is 44.7. The average molecular weight is 1260 g/mol. The molecule has 312 valence electrons. The van der Waals surface area contributed by atoms with Crippen LogP contribution >= 0.6 is 278 Å². The summed E-state index contributed by atoms with van der Waals surface area (Å²) < 4.78 is -17.5. The largest absolute Gasteiger partial charge is 1.00 e. The molecule has 0 amide bonds. The Kier molecular flexibility index (Phi) is 17.4. The van der Waals surface area contributed by atoms with Crippen molar-refractivity contribution in [2.24, 2.45) is 0 Å². The molecule has 4 rings (SSSR count). The van der Waals surface area contributed by atoms with Crippen molar-refractivity contribution in [3.05, 3.63) is 117 Å². The fourth-order valence-corrected chi connectivity index (χ4v) is 8.69. The predicted molar refractivity (Wildman–Crippen MR) is 265 cm³/mol. The highest BCUT2D eigenvalue weighted by molar-refractivity contribution is 7.20. The first-order valence-corrected chi connectivity index (χ1v) is 23.7. The molecule has 0 saturated carbocycles. The van der Waals surface area contributed by atoms with Crippen LogP contribution < -0.4 is 21.9 Å². The molecular formula is C32H13BCl24. The van der Waals surface area contributed by atoms with Gasteiger partial charge in [-0.15, -0.1) is 0 Å². The molecule has 0 saturated heterocycles. The lowest BCUT2D eigenvalue weighted by Gasteiger charge is -2.47. The first-order valence-electron chi connectivity index (χ1n) is 14.6. The zero-order valence-electron chi connectivity index (χ0n) is 27.6. The maximum Gasteiger partial charge on any atom is 1.00 e. The molecule has 0 nitrogen and oxygen atoms in total. The third-order valence-corrected chi connectivity index (χ3v) is 13.7. The van der Waals surface area contributed by atoms with Crippen LogP contribution in [0.4, 0.5) is 0 Å². The zero-order chi connectivity index (χ0) is 43.9. The van der Waals surface area contributed by atoms with E-state index in [4.69, 9.17) is 278 Å². The van der Waals surface area contributed by atoms with Gasteiger partial charge in [-0.2, -0.15) is 21.9 Å². The summed E-state index contributed by atoms with van der Waals surface area (Å²) in [5.74, 6) is 0. The van der Waals surface area contributed by atoms with Gasteiger partial charge in [-0.1, -0.05) is 327 Å². The SMILES string of the molecule is ClC(Cl)(Cl)c1cc([B-](c2cc(C(Cl)(Cl)Cl)cc(C(Cl)(Cl)Cl)c2)(c2cc(C(Cl)(Cl)Cl)cc(C(Cl)(Cl)Cl)c2)c2cc(C(Cl)(Cl)Cl)cc(C(Cl)(Cl)Cl)c2)cc(C(Cl)(Cl)Cl)c1.[H+]. The molecule has 0 aliphatic heterocycles. The van der Waals surface area contributed by atoms with E-state index >= 15 is 0 Å². The first kappa shape index (κ1) is 53.5. The van der Waals surface area contributed by atoms with Crippen LogP contribution in [0.2, 0.25) is 0 Å². The Hall–Kier alpha value is 3.90. The average Bonchev–Trinajstić information content (AvgIpc) is 3.01. The summed E-state index contributed by atoms with van der Waals surface area (Å²) in [5.41, 5.74) is 0.260. The number of rotatable bonds is 4. The van der Waals surface area contributed by atoms with Gasteiger partial charge in [-0.05, 0) is 24.3 Å². The van der Waals surface area contributed by atoms with Crippen LogP contribution in [0, 0.1) is 0 Å². The van der Waals surface area contributed by atoms with E-state index in [1.807, 2.05) is 0 Å². The van der Waals surface area contributed by atoms with Crippen LogP contribution in [0.5, 0.6) is 0 Å². The smallest absolute Gasteiger partial charge is 0.194 e. The van der Waals surface area contributed by atoms with Crippen LogP contribution in [0.1, 0.15) is 45.9 Å². The maximum absolute atomic E-state index is 6.55. The first-order chi connectivity index (χ1) is 25.3. The van der Waals surface area contributed by atoms with Crippen LogP contribution in [0.25, 0.3) is 0 Å². The molecule has 0 radical (unpaired) electrons. The summed E-state index contributed by atoms with van der Waals surface area (Å²) in [4.78, 5) is 0. The van der Waals surface area contributed by atoms with Crippen molar-refractivity contribution >= 4 is 306 Å². The number of benzene rings is 4. The van der Waals surface area contributed by atoms with Gasteiger partial charge in [0.1, 0.15) is 6.15 Å².